The second-order valence-electron chi connectivity index (χ2n) is 9.19. The topological polar surface area (TPSA) is 64.2 Å². The first-order valence-electron chi connectivity index (χ1n) is 11.9. The summed E-state index contributed by atoms with van der Waals surface area (Å²) >= 11 is 0. The molecule has 0 aliphatic carbocycles. The third kappa shape index (κ3) is 3.82. The van der Waals surface area contributed by atoms with Crippen LogP contribution in [0.4, 0.5) is 4.39 Å². The van der Waals surface area contributed by atoms with Crippen LogP contribution in [-0.4, -0.2) is 32.7 Å². The van der Waals surface area contributed by atoms with Crippen LogP contribution in [0.1, 0.15) is 43.0 Å². The number of rotatable bonds is 4. The fourth-order valence-electron chi connectivity index (χ4n) is 5.26. The number of hydrogen-bond donors (Lipinski definition) is 0. The van der Waals surface area contributed by atoms with Gasteiger partial charge in [0.25, 0.3) is 5.56 Å². The Bertz CT molecular complexity index is 1570. The third-order valence-electron chi connectivity index (χ3n) is 7.18. The summed E-state index contributed by atoms with van der Waals surface area (Å²) in [7, 11) is 0. The Morgan fingerprint density at radius 1 is 1.03 bits per heavy atom. The van der Waals surface area contributed by atoms with E-state index in [4.69, 9.17) is 4.52 Å². The molecule has 1 atom stereocenters. The van der Waals surface area contributed by atoms with E-state index >= 15 is 0 Å². The monoisotopic (exact) mass is 468 g/mol. The summed E-state index contributed by atoms with van der Waals surface area (Å²) in [5, 5.41) is 6.08. The normalized spacial score (nSPS) is 16.2. The van der Waals surface area contributed by atoms with Crippen LogP contribution < -0.4 is 5.56 Å². The average molecular weight is 469 g/mol. The quantitative estimate of drug-likeness (QED) is 0.343. The minimum Gasteiger partial charge on any atom is -0.356 e. The molecule has 6 rings (SSSR count). The molecule has 0 bridgehead atoms. The molecule has 0 amide bonds. The Kier molecular flexibility index (Phi) is 5.41. The second-order valence-corrected chi connectivity index (χ2v) is 9.19. The van der Waals surface area contributed by atoms with Crippen molar-refractivity contribution >= 4 is 22.0 Å². The Morgan fingerprint density at radius 3 is 2.63 bits per heavy atom. The Labute approximate surface area is 201 Å². The van der Waals surface area contributed by atoms with Crippen LogP contribution in [0.3, 0.4) is 0 Å². The first-order valence-corrected chi connectivity index (χ1v) is 11.9. The van der Waals surface area contributed by atoms with E-state index in [9.17, 15) is 9.18 Å². The zero-order valence-electron chi connectivity index (χ0n) is 19.4. The predicted molar refractivity (Wildman–Crippen MR) is 133 cm³/mol. The number of pyridine rings is 2. The summed E-state index contributed by atoms with van der Waals surface area (Å²) in [6.07, 6.45) is 3.51. The molecule has 0 saturated carbocycles. The number of piperidine rings is 1. The summed E-state index contributed by atoms with van der Waals surface area (Å²) in [6.45, 7) is 3.76. The SMILES string of the molecule is CC(c1cc2cccnc2n(-c2ccccc2)c1=O)N1CCC(c2noc3cc(F)ccc23)CC1. The summed E-state index contributed by atoms with van der Waals surface area (Å²) in [4.78, 5) is 20.6. The summed E-state index contributed by atoms with van der Waals surface area (Å²) < 4.78 is 20.6. The van der Waals surface area contributed by atoms with Crippen LogP contribution in [0.2, 0.25) is 0 Å². The maximum absolute atomic E-state index is 13.7. The van der Waals surface area contributed by atoms with E-state index < -0.39 is 0 Å². The van der Waals surface area contributed by atoms with E-state index in [1.807, 2.05) is 48.5 Å². The zero-order chi connectivity index (χ0) is 23.9. The molecular formula is C28H25FN4O2. The van der Waals surface area contributed by atoms with Gasteiger partial charge < -0.3 is 4.52 Å². The molecule has 176 valence electrons. The van der Waals surface area contributed by atoms with Gasteiger partial charge in [0.15, 0.2) is 5.58 Å². The molecular weight excluding hydrogens is 443 g/mol. The lowest BCUT2D eigenvalue weighted by Crippen LogP contribution is -2.38. The van der Waals surface area contributed by atoms with Crippen molar-refractivity contribution in [3.63, 3.8) is 0 Å². The van der Waals surface area contributed by atoms with Gasteiger partial charge in [-0.25, -0.2) is 9.37 Å². The highest BCUT2D eigenvalue weighted by molar-refractivity contribution is 5.80. The number of aromatic nitrogens is 3. The molecule has 1 aliphatic rings. The summed E-state index contributed by atoms with van der Waals surface area (Å²) in [6, 6.07) is 20.1. The molecule has 6 nitrogen and oxygen atoms in total. The van der Waals surface area contributed by atoms with Crippen LogP contribution in [0.25, 0.3) is 27.7 Å². The van der Waals surface area contributed by atoms with Gasteiger partial charge in [-0.15, -0.1) is 0 Å². The fraction of sp³-hybridized carbons (Fsp3) is 0.250. The van der Waals surface area contributed by atoms with E-state index in [0.717, 1.165) is 53.6 Å². The van der Waals surface area contributed by atoms with Gasteiger partial charge in [0, 0.05) is 40.6 Å². The zero-order valence-corrected chi connectivity index (χ0v) is 19.4. The van der Waals surface area contributed by atoms with E-state index in [2.05, 4.69) is 22.0 Å². The second kappa shape index (κ2) is 8.74. The predicted octanol–water partition coefficient (Wildman–Crippen LogP) is 5.61. The number of nitrogens with zero attached hydrogens (tertiary/aromatic N) is 4. The minimum atomic E-state index is -0.324. The van der Waals surface area contributed by atoms with Crippen LogP contribution in [0.5, 0.6) is 0 Å². The molecule has 1 unspecified atom stereocenters. The van der Waals surface area contributed by atoms with Gasteiger partial charge in [-0.1, -0.05) is 23.4 Å². The van der Waals surface area contributed by atoms with Crippen molar-refractivity contribution in [1.82, 2.24) is 19.6 Å². The van der Waals surface area contributed by atoms with Gasteiger partial charge in [0.05, 0.1) is 11.4 Å². The smallest absolute Gasteiger partial charge is 0.261 e. The van der Waals surface area contributed by atoms with Gasteiger partial charge in [-0.3, -0.25) is 14.3 Å². The number of para-hydroxylation sites is 1. The molecule has 1 aliphatic heterocycles. The molecule has 1 saturated heterocycles. The summed E-state index contributed by atoms with van der Waals surface area (Å²) in [5.41, 5.74) is 3.57. The lowest BCUT2D eigenvalue weighted by Gasteiger charge is -2.35. The molecule has 7 heteroatoms. The molecule has 35 heavy (non-hydrogen) atoms. The van der Waals surface area contributed by atoms with E-state index in [1.54, 1.807) is 16.8 Å². The fourth-order valence-corrected chi connectivity index (χ4v) is 5.26. The van der Waals surface area contributed by atoms with Crippen molar-refractivity contribution in [3.05, 3.63) is 100 Å². The molecule has 4 heterocycles. The van der Waals surface area contributed by atoms with Crippen LogP contribution >= 0.6 is 0 Å². The number of benzene rings is 2. The number of likely N-dealkylation sites (tertiary alicyclic amines) is 1. The first kappa shape index (κ1) is 21.7. The van der Waals surface area contributed by atoms with Gasteiger partial charge >= 0.3 is 0 Å². The third-order valence-corrected chi connectivity index (χ3v) is 7.18. The highest BCUT2D eigenvalue weighted by Crippen LogP contribution is 2.35. The minimum absolute atomic E-state index is 0.0402. The molecule has 0 radical (unpaired) electrons. The lowest BCUT2D eigenvalue weighted by molar-refractivity contribution is 0.159. The number of fused-ring (bicyclic) bond motifs is 2. The van der Waals surface area contributed by atoms with E-state index in [-0.39, 0.29) is 23.3 Å². The van der Waals surface area contributed by atoms with Crippen LogP contribution in [0, 0.1) is 5.82 Å². The van der Waals surface area contributed by atoms with Gasteiger partial charge in [-0.05, 0) is 75.3 Å². The van der Waals surface area contributed by atoms with Gasteiger partial charge in [0.2, 0.25) is 0 Å². The standard InChI is InChI=1S/C28H25FN4O2/c1-18(32-14-11-19(12-15-32)26-23-10-9-21(29)17-25(23)35-31-26)24-16-20-6-5-13-30-27(20)33(28(24)34)22-7-3-2-4-8-22/h2-10,13,16-19H,11-12,14-15H2,1H3. The summed E-state index contributed by atoms with van der Waals surface area (Å²) in [5.74, 6) is -0.0810. The van der Waals surface area contributed by atoms with Crippen molar-refractivity contribution in [3.8, 4) is 5.69 Å². The maximum Gasteiger partial charge on any atom is 0.261 e. The highest BCUT2D eigenvalue weighted by atomic mass is 19.1. The molecule has 1 fully saturated rings. The van der Waals surface area contributed by atoms with Crippen molar-refractivity contribution < 1.29 is 8.91 Å². The number of hydrogen-bond acceptors (Lipinski definition) is 5. The average Bonchev–Trinajstić information content (AvgIpc) is 3.31. The molecule has 5 aromatic rings. The van der Waals surface area contributed by atoms with E-state index in [1.165, 1.54) is 12.1 Å². The molecule has 0 N–H and O–H groups in total. The molecule has 0 spiro atoms. The lowest BCUT2D eigenvalue weighted by atomic mass is 9.90. The first-order chi connectivity index (χ1) is 17.1. The maximum atomic E-state index is 13.7. The van der Waals surface area contributed by atoms with Crippen molar-refractivity contribution in [2.24, 2.45) is 0 Å². The largest absolute Gasteiger partial charge is 0.356 e. The van der Waals surface area contributed by atoms with Crippen molar-refractivity contribution in [2.45, 2.75) is 31.7 Å². The Hall–Kier alpha value is -3.84. The highest BCUT2D eigenvalue weighted by Gasteiger charge is 2.29. The van der Waals surface area contributed by atoms with E-state index in [0.29, 0.717) is 11.2 Å². The van der Waals surface area contributed by atoms with Gasteiger partial charge in [0.1, 0.15) is 11.5 Å². The van der Waals surface area contributed by atoms with Gasteiger partial charge in [-0.2, -0.15) is 0 Å². The van der Waals surface area contributed by atoms with Crippen LogP contribution in [-0.2, 0) is 0 Å². The Morgan fingerprint density at radius 2 is 1.83 bits per heavy atom. The van der Waals surface area contributed by atoms with Crippen molar-refractivity contribution in [1.29, 1.82) is 0 Å². The number of halogens is 1. The Balaban J connectivity index is 1.30. The molecule has 3 aromatic heterocycles. The van der Waals surface area contributed by atoms with Crippen molar-refractivity contribution in [2.75, 3.05) is 13.1 Å². The van der Waals surface area contributed by atoms with Crippen LogP contribution in [0.15, 0.2) is 82.2 Å². The molecule has 2 aromatic carbocycles.